The van der Waals surface area contributed by atoms with Crippen molar-refractivity contribution in [2.75, 3.05) is 6.61 Å². The zero-order valence-corrected chi connectivity index (χ0v) is 22.8. The number of carbonyl (C=O) groups is 2. The van der Waals surface area contributed by atoms with E-state index in [9.17, 15) is 9.59 Å². The van der Waals surface area contributed by atoms with Crippen LogP contribution in [0.2, 0.25) is 0 Å². The van der Waals surface area contributed by atoms with Crippen molar-refractivity contribution in [3.63, 3.8) is 0 Å². The standard InChI is InChI=1S/C30H50O4/c1-20(10-15-26(31)33-19-27(32)34-28(2,3)4)23-13-14-24-22-12-11-21-9-7-8-17-29(21,5)25(22)16-18-30(23,24)6/h20-25H,7-19H2,1-6H3/t20-,21?,22+,23-,24+,25+,29+,30-/m1/s1. The minimum Gasteiger partial charge on any atom is -0.457 e. The molecule has 4 nitrogen and oxygen atoms in total. The Kier molecular flexibility index (Phi) is 7.48. The van der Waals surface area contributed by atoms with Gasteiger partial charge in [0.15, 0.2) is 6.61 Å². The number of fused-ring (bicyclic) bond motifs is 5. The summed E-state index contributed by atoms with van der Waals surface area (Å²) >= 11 is 0. The van der Waals surface area contributed by atoms with Crippen LogP contribution in [-0.4, -0.2) is 24.1 Å². The normalized spacial score (nSPS) is 40.5. The van der Waals surface area contributed by atoms with Gasteiger partial charge in [0.2, 0.25) is 0 Å². The SMILES string of the molecule is C[C@H](CCC(=O)OCC(=O)OC(C)(C)C)[C@H]1CC[C@H]2[C@@H]3CCC4CCCC[C@]4(C)[C@H]3CC[C@]12C. The van der Waals surface area contributed by atoms with Gasteiger partial charge in [0.05, 0.1) is 0 Å². The molecule has 0 aromatic heterocycles. The summed E-state index contributed by atoms with van der Waals surface area (Å²) in [5.74, 6) is 4.20. The second kappa shape index (κ2) is 9.77. The molecule has 34 heavy (non-hydrogen) atoms. The number of ether oxygens (including phenoxy) is 2. The number of hydrogen-bond donors (Lipinski definition) is 0. The van der Waals surface area contributed by atoms with Gasteiger partial charge in [-0.25, -0.2) is 4.79 Å². The van der Waals surface area contributed by atoms with E-state index in [0.29, 0.717) is 29.1 Å². The predicted molar refractivity (Wildman–Crippen MR) is 135 cm³/mol. The van der Waals surface area contributed by atoms with Crippen molar-refractivity contribution in [2.45, 2.75) is 124 Å². The van der Waals surface area contributed by atoms with Crippen LogP contribution in [0.3, 0.4) is 0 Å². The van der Waals surface area contributed by atoms with E-state index in [1.807, 2.05) is 20.8 Å². The molecule has 4 rings (SSSR count). The number of hydrogen-bond acceptors (Lipinski definition) is 4. The van der Waals surface area contributed by atoms with Crippen molar-refractivity contribution in [3.8, 4) is 0 Å². The smallest absolute Gasteiger partial charge is 0.344 e. The lowest BCUT2D eigenvalue weighted by Gasteiger charge is -2.61. The molecule has 4 aliphatic rings. The van der Waals surface area contributed by atoms with Gasteiger partial charge in [-0.2, -0.15) is 0 Å². The third-order valence-electron chi connectivity index (χ3n) is 10.9. The Bertz CT molecular complexity index is 753. The molecule has 4 fully saturated rings. The molecular formula is C30H50O4. The van der Waals surface area contributed by atoms with Gasteiger partial charge in [0, 0.05) is 6.42 Å². The predicted octanol–water partition coefficient (Wildman–Crippen LogP) is 7.34. The minimum absolute atomic E-state index is 0.273. The first kappa shape index (κ1) is 26.0. The molecule has 0 spiro atoms. The number of rotatable bonds is 6. The molecule has 0 amide bonds. The molecule has 0 aromatic carbocycles. The fourth-order valence-electron chi connectivity index (χ4n) is 9.40. The van der Waals surface area contributed by atoms with Crippen LogP contribution >= 0.6 is 0 Å². The lowest BCUT2D eigenvalue weighted by molar-refractivity contribution is -0.166. The summed E-state index contributed by atoms with van der Waals surface area (Å²) in [5.41, 5.74) is 0.474. The molecule has 8 atom stereocenters. The van der Waals surface area contributed by atoms with Crippen LogP contribution in [0.1, 0.15) is 119 Å². The summed E-state index contributed by atoms with van der Waals surface area (Å²) in [6, 6.07) is 0. The van der Waals surface area contributed by atoms with Crippen LogP contribution in [-0.2, 0) is 19.1 Å². The van der Waals surface area contributed by atoms with E-state index in [2.05, 4.69) is 20.8 Å². The molecular weight excluding hydrogens is 424 g/mol. The Morgan fingerprint density at radius 3 is 2.35 bits per heavy atom. The second-order valence-electron chi connectivity index (χ2n) is 13.9. The van der Waals surface area contributed by atoms with E-state index in [1.54, 1.807) is 0 Å². The zero-order chi connectivity index (χ0) is 24.7. The van der Waals surface area contributed by atoms with Gasteiger partial charge in [-0.05, 0) is 125 Å². The summed E-state index contributed by atoms with van der Waals surface area (Å²) in [6.07, 6.45) is 15.5. The van der Waals surface area contributed by atoms with Crippen molar-refractivity contribution in [1.29, 1.82) is 0 Å². The summed E-state index contributed by atoms with van der Waals surface area (Å²) in [4.78, 5) is 24.2. The van der Waals surface area contributed by atoms with Crippen molar-refractivity contribution < 1.29 is 19.1 Å². The third-order valence-corrected chi connectivity index (χ3v) is 10.9. The lowest BCUT2D eigenvalue weighted by atomic mass is 9.44. The first-order valence-corrected chi connectivity index (χ1v) is 14.3. The summed E-state index contributed by atoms with van der Waals surface area (Å²) in [5, 5.41) is 0. The van der Waals surface area contributed by atoms with Crippen molar-refractivity contribution in [3.05, 3.63) is 0 Å². The molecule has 0 radical (unpaired) electrons. The van der Waals surface area contributed by atoms with Gasteiger partial charge >= 0.3 is 11.9 Å². The van der Waals surface area contributed by atoms with Gasteiger partial charge in [0.1, 0.15) is 5.60 Å². The largest absolute Gasteiger partial charge is 0.457 e. The molecule has 0 aromatic rings. The van der Waals surface area contributed by atoms with Gasteiger partial charge in [-0.3, -0.25) is 4.79 Å². The second-order valence-corrected chi connectivity index (χ2v) is 13.9. The maximum atomic E-state index is 12.3. The highest BCUT2D eigenvalue weighted by Gasteiger charge is 2.60. The Balaban J connectivity index is 1.31. The highest BCUT2D eigenvalue weighted by Crippen LogP contribution is 2.68. The fourth-order valence-corrected chi connectivity index (χ4v) is 9.40. The average Bonchev–Trinajstić information content (AvgIpc) is 3.11. The molecule has 4 aliphatic carbocycles. The van der Waals surface area contributed by atoms with Crippen molar-refractivity contribution in [1.82, 2.24) is 0 Å². The van der Waals surface area contributed by atoms with E-state index in [-0.39, 0.29) is 12.6 Å². The van der Waals surface area contributed by atoms with Crippen LogP contribution in [0.5, 0.6) is 0 Å². The Morgan fingerprint density at radius 1 is 0.882 bits per heavy atom. The maximum absolute atomic E-state index is 12.3. The van der Waals surface area contributed by atoms with E-state index in [0.717, 1.165) is 30.1 Å². The van der Waals surface area contributed by atoms with Crippen molar-refractivity contribution in [2.24, 2.45) is 46.3 Å². The molecule has 4 heteroatoms. The molecule has 0 saturated heterocycles. The van der Waals surface area contributed by atoms with Crippen LogP contribution in [0.15, 0.2) is 0 Å². The molecule has 0 bridgehead atoms. The van der Waals surface area contributed by atoms with Gasteiger partial charge in [-0.1, -0.05) is 33.6 Å². The molecule has 1 unspecified atom stereocenters. The van der Waals surface area contributed by atoms with Crippen molar-refractivity contribution >= 4 is 11.9 Å². The van der Waals surface area contributed by atoms with Gasteiger partial charge < -0.3 is 9.47 Å². The topological polar surface area (TPSA) is 52.6 Å². The van der Waals surface area contributed by atoms with Gasteiger partial charge in [-0.15, -0.1) is 0 Å². The Hall–Kier alpha value is -1.06. The van der Waals surface area contributed by atoms with Crippen LogP contribution in [0.25, 0.3) is 0 Å². The molecule has 0 aliphatic heterocycles. The highest BCUT2D eigenvalue weighted by atomic mass is 16.6. The summed E-state index contributed by atoms with van der Waals surface area (Å²) in [6.45, 7) is 12.8. The molecule has 0 N–H and O–H groups in total. The first-order valence-electron chi connectivity index (χ1n) is 14.3. The zero-order valence-electron chi connectivity index (χ0n) is 22.8. The minimum atomic E-state index is -0.556. The Labute approximate surface area is 208 Å². The van der Waals surface area contributed by atoms with Gasteiger partial charge in [0.25, 0.3) is 0 Å². The van der Waals surface area contributed by atoms with E-state index >= 15 is 0 Å². The van der Waals surface area contributed by atoms with E-state index < -0.39 is 11.6 Å². The lowest BCUT2D eigenvalue weighted by Crippen LogP contribution is -2.53. The third kappa shape index (κ3) is 5.07. The fraction of sp³-hybridized carbons (Fsp3) is 0.933. The highest BCUT2D eigenvalue weighted by molar-refractivity contribution is 5.76. The van der Waals surface area contributed by atoms with Crippen LogP contribution in [0, 0.1) is 46.3 Å². The quantitative estimate of drug-likeness (QED) is 0.378. The molecule has 0 heterocycles. The number of esters is 2. The molecule has 4 saturated carbocycles. The monoisotopic (exact) mass is 474 g/mol. The molecule has 194 valence electrons. The average molecular weight is 475 g/mol. The van der Waals surface area contributed by atoms with Crippen LogP contribution < -0.4 is 0 Å². The summed E-state index contributed by atoms with van der Waals surface area (Å²) < 4.78 is 10.4. The summed E-state index contributed by atoms with van der Waals surface area (Å²) in [7, 11) is 0. The van der Waals surface area contributed by atoms with Crippen LogP contribution in [0.4, 0.5) is 0 Å². The first-order chi connectivity index (χ1) is 15.9. The van der Waals surface area contributed by atoms with E-state index in [1.165, 1.54) is 64.2 Å². The Morgan fingerprint density at radius 2 is 1.62 bits per heavy atom. The number of carbonyl (C=O) groups excluding carboxylic acids is 2. The maximum Gasteiger partial charge on any atom is 0.344 e. The van der Waals surface area contributed by atoms with E-state index in [4.69, 9.17) is 9.47 Å².